The molecule has 2 heterocycles. The van der Waals surface area contributed by atoms with Crippen LogP contribution in [0, 0.1) is 0 Å². The summed E-state index contributed by atoms with van der Waals surface area (Å²) in [4.78, 5) is 16.4. The highest BCUT2D eigenvalue weighted by Crippen LogP contribution is 2.25. The first-order valence-electron chi connectivity index (χ1n) is 5.25. The van der Waals surface area contributed by atoms with E-state index in [0.29, 0.717) is 11.7 Å². The highest BCUT2D eigenvalue weighted by molar-refractivity contribution is 7.15. The molecule has 1 aliphatic rings. The molecule has 0 unspecified atom stereocenters. The fourth-order valence-corrected chi connectivity index (χ4v) is 2.47. The number of nitrogens with one attached hydrogen (secondary N) is 3. The van der Waals surface area contributed by atoms with Crippen LogP contribution in [0.1, 0.15) is 10.6 Å². The summed E-state index contributed by atoms with van der Waals surface area (Å²) in [6.45, 7) is 0.140. The highest BCUT2D eigenvalue weighted by Gasteiger charge is 2.28. The van der Waals surface area contributed by atoms with Crippen LogP contribution in [0.3, 0.4) is 0 Å². The molecular formula is C9H11F3N4OS. The number of alkyl halides is 3. The maximum absolute atomic E-state index is 11.9. The third kappa shape index (κ3) is 3.57. The lowest BCUT2D eigenvalue weighted by atomic mass is 10.2. The molecule has 1 aromatic rings. The van der Waals surface area contributed by atoms with E-state index in [0.717, 1.165) is 23.5 Å². The van der Waals surface area contributed by atoms with Gasteiger partial charge in [0, 0.05) is 24.4 Å². The summed E-state index contributed by atoms with van der Waals surface area (Å²) in [7, 11) is 0. The number of nitrogens with zero attached hydrogens (tertiary/aromatic N) is 1. The molecule has 0 saturated heterocycles. The third-order valence-electron chi connectivity index (χ3n) is 2.27. The van der Waals surface area contributed by atoms with Crippen molar-refractivity contribution in [2.45, 2.75) is 19.1 Å². The SMILES string of the molecule is O=C(NCC(F)(F)F)Nc1nc2c(s1)CNCC2. The zero-order valence-corrected chi connectivity index (χ0v) is 10.0. The minimum absolute atomic E-state index is 0.323. The van der Waals surface area contributed by atoms with Gasteiger partial charge in [0.15, 0.2) is 5.13 Å². The number of carbonyl (C=O) groups is 1. The number of rotatable bonds is 2. The van der Waals surface area contributed by atoms with Crippen LogP contribution in [-0.4, -0.2) is 30.3 Å². The van der Waals surface area contributed by atoms with Crippen molar-refractivity contribution >= 4 is 22.5 Å². The maximum atomic E-state index is 11.9. The van der Waals surface area contributed by atoms with Gasteiger partial charge in [-0.2, -0.15) is 13.2 Å². The van der Waals surface area contributed by atoms with Crippen LogP contribution in [0.5, 0.6) is 0 Å². The molecular weight excluding hydrogens is 269 g/mol. The molecule has 0 atom stereocenters. The van der Waals surface area contributed by atoms with Gasteiger partial charge in [-0.15, -0.1) is 11.3 Å². The van der Waals surface area contributed by atoms with E-state index < -0.39 is 18.8 Å². The lowest BCUT2D eigenvalue weighted by molar-refractivity contribution is -0.122. The molecule has 2 rings (SSSR count). The van der Waals surface area contributed by atoms with Crippen molar-refractivity contribution in [3.05, 3.63) is 10.6 Å². The van der Waals surface area contributed by atoms with Crippen molar-refractivity contribution in [2.24, 2.45) is 0 Å². The Morgan fingerprint density at radius 1 is 1.50 bits per heavy atom. The Morgan fingerprint density at radius 3 is 2.94 bits per heavy atom. The second-order valence-corrected chi connectivity index (χ2v) is 4.82. The van der Waals surface area contributed by atoms with Crippen molar-refractivity contribution in [2.75, 3.05) is 18.4 Å². The van der Waals surface area contributed by atoms with Gasteiger partial charge in [0.2, 0.25) is 0 Å². The number of fused-ring (bicyclic) bond motifs is 1. The monoisotopic (exact) mass is 280 g/mol. The van der Waals surface area contributed by atoms with Gasteiger partial charge in [-0.1, -0.05) is 0 Å². The molecule has 1 aliphatic heterocycles. The number of carbonyl (C=O) groups excluding carboxylic acids is 1. The summed E-state index contributed by atoms with van der Waals surface area (Å²) in [6.07, 6.45) is -3.65. The quantitative estimate of drug-likeness (QED) is 0.768. The summed E-state index contributed by atoms with van der Waals surface area (Å²) >= 11 is 1.27. The molecule has 18 heavy (non-hydrogen) atoms. The van der Waals surface area contributed by atoms with E-state index in [1.54, 1.807) is 5.32 Å². The Kier molecular flexibility index (Phi) is 3.71. The van der Waals surface area contributed by atoms with E-state index in [1.807, 2.05) is 0 Å². The van der Waals surface area contributed by atoms with E-state index in [9.17, 15) is 18.0 Å². The van der Waals surface area contributed by atoms with Gasteiger partial charge >= 0.3 is 12.2 Å². The van der Waals surface area contributed by atoms with Crippen molar-refractivity contribution in [1.29, 1.82) is 0 Å². The summed E-state index contributed by atoms with van der Waals surface area (Å²) in [5, 5.41) is 7.50. The van der Waals surface area contributed by atoms with Crippen molar-refractivity contribution in [3.8, 4) is 0 Å². The standard InChI is InChI=1S/C9H11F3N4OS/c10-9(11,12)4-14-7(17)16-8-15-5-1-2-13-3-6(5)18-8/h13H,1-4H2,(H2,14,15,16,17). The van der Waals surface area contributed by atoms with Crippen molar-refractivity contribution < 1.29 is 18.0 Å². The average molecular weight is 280 g/mol. The molecule has 0 bridgehead atoms. The number of aromatic nitrogens is 1. The van der Waals surface area contributed by atoms with Crippen LogP contribution < -0.4 is 16.0 Å². The zero-order valence-electron chi connectivity index (χ0n) is 9.23. The summed E-state index contributed by atoms with van der Waals surface area (Å²) in [5.41, 5.74) is 0.893. The van der Waals surface area contributed by atoms with Gasteiger partial charge in [0.05, 0.1) is 5.69 Å². The van der Waals surface area contributed by atoms with Crippen LogP contribution in [0.4, 0.5) is 23.1 Å². The summed E-state index contributed by atoms with van der Waals surface area (Å²) in [5.74, 6) is 0. The minimum atomic E-state index is -4.41. The first-order chi connectivity index (χ1) is 8.44. The Morgan fingerprint density at radius 2 is 2.28 bits per heavy atom. The molecule has 0 spiro atoms. The number of amides is 2. The van der Waals surface area contributed by atoms with Crippen LogP contribution in [0.15, 0.2) is 0 Å². The number of thiazole rings is 1. The number of urea groups is 1. The lowest BCUT2D eigenvalue weighted by Crippen LogP contribution is -2.36. The Labute approximate surface area is 105 Å². The molecule has 0 aliphatic carbocycles. The first-order valence-corrected chi connectivity index (χ1v) is 6.06. The molecule has 0 radical (unpaired) electrons. The van der Waals surface area contributed by atoms with E-state index >= 15 is 0 Å². The third-order valence-corrected chi connectivity index (χ3v) is 3.29. The Hall–Kier alpha value is -1.35. The van der Waals surface area contributed by atoms with Crippen molar-refractivity contribution in [1.82, 2.24) is 15.6 Å². The molecule has 9 heteroatoms. The molecule has 5 nitrogen and oxygen atoms in total. The first kappa shape index (κ1) is 13.1. The smallest absolute Gasteiger partial charge is 0.329 e. The molecule has 0 fully saturated rings. The molecule has 3 N–H and O–H groups in total. The molecule has 1 aromatic heterocycles. The zero-order chi connectivity index (χ0) is 13.2. The maximum Gasteiger partial charge on any atom is 0.405 e. The summed E-state index contributed by atoms with van der Waals surface area (Å²) in [6, 6.07) is -0.897. The van der Waals surface area contributed by atoms with Crippen LogP contribution in [0.2, 0.25) is 0 Å². The van der Waals surface area contributed by atoms with Crippen LogP contribution >= 0.6 is 11.3 Å². The molecule has 0 aromatic carbocycles. The number of hydrogen-bond acceptors (Lipinski definition) is 4. The van der Waals surface area contributed by atoms with Crippen molar-refractivity contribution in [3.63, 3.8) is 0 Å². The van der Waals surface area contributed by atoms with Gasteiger partial charge in [0.1, 0.15) is 6.54 Å². The van der Waals surface area contributed by atoms with Gasteiger partial charge < -0.3 is 10.6 Å². The second-order valence-electron chi connectivity index (χ2n) is 3.74. The molecule has 2 amide bonds. The normalized spacial score (nSPS) is 15.1. The topological polar surface area (TPSA) is 66.0 Å². The van der Waals surface area contributed by atoms with E-state index in [1.165, 1.54) is 11.3 Å². The average Bonchev–Trinajstić information content (AvgIpc) is 2.67. The largest absolute Gasteiger partial charge is 0.405 e. The Bertz CT molecular complexity index is 422. The van der Waals surface area contributed by atoms with Gasteiger partial charge in [0.25, 0.3) is 0 Å². The van der Waals surface area contributed by atoms with E-state index in [-0.39, 0.29) is 0 Å². The van der Waals surface area contributed by atoms with E-state index in [2.05, 4.69) is 15.6 Å². The Balaban J connectivity index is 1.89. The molecule has 100 valence electrons. The predicted octanol–water partition coefficient (Wildman–Crippen LogP) is 1.47. The second kappa shape index (κ2) is 5.11. The predicted molar refractivity (Wildman–Crippen MR) is 60.6 cm³/mol. The number of hydrogen-bond donors (Lipinski definition) is 3. The van der Waals surface area contributed by atoms with Gasteiger partial charge in [-0.25, -0.2) is 9.78 Å². The van der Waals surface area contributed by atoms with Crippen LogP contribution in [-0.2, 0) is 13.0 Å². The minimum Gasteiger partial charge on any atom is -0.329 e. The molecule has 0 saturated carbocycles. The fraction of sp³-hybridized carbons (Fsp3) is 0.556. The number of halogens is 3. The highest BCUT2D eigenvalue weighted by atomic mass is 32.1. The van der Waals surface area contributed by atoms with Crippen LogP contribution in [0.25, 0.3) is 0 Å². The summed E-state index contributed by atoms with van der Waals surface area (Å²) < 4.78 is 35.6. The lowest BCUT2D eigenvalue weighted by Gasteiger charge is -2.09. The number of anilines is 1. The van der Waals surface area contributed by atoms with Gasteiger partial charge in [-0.05, 0) is 0 Å². The van der Waals surface area contributed by atoms with E-state index in [4.69, 9.17) is 0 Å². The fourth-order valence-electron chi connectivity index (χ4n) is 1.50. The van der Waals surface area contributed by atoms with Gasteiger partial charge in [-0.3, -0.25) is 5.32 Å².